The average Bonchev–Trinajstić information content (AvgIpc) is 2.40. The molecule has 0 saturated carbocycles. The molecule has 1 aliphatic rings. The van der Waals surface area contributed by atoms with E-state index < -0.39 is 4.92 Å². The van der Waals surface area contributed by atoms with E-state index in [2.05, 4.69) is 28.7 Å². The maximum absolute atomic E-state index is 10.8. The first kappa shape index (κ1) is 14.5. The Balaban J connectivity index is 2.28. The second-order valence-electron chi connectivity index (χ2n) is 5.37. The van der Waals surface area contributed by atoms with Gasteiger partial charge in [0.2, 0.25) is 11.8 Å². The van der Waals surface area contributed by atoms with Crippen LogP contribution >= 0.6 is 0 Å². The molecule has 1 aliphatic heterocycles. The zero-order valence-corrected chi connectivity index (χ0v) is 12.0. The maximum Gasteiger partial charge on any atom is 0.329 e. The third-order valence-corrected chi connectivity index (χ3v) is 3.94. The Hall–Kier alpha value is -1.92. The van der Waals surface area contributed by atoms with Crippen LogP contribution in [0.25, 0.3) is 0 Å². The van der Waals surface area contributed by atoms with Gasteiger partial charge in [0.25, 0.3) is 0 Å². The van der Waals surface area contributed by atoms with Crippen molar-refractivity contribution in [2.24, 2.45) is 5.92 Å². The molecule has 110 valence electrons. The van der Waals surface area contributed by atoms with E-state index in [4.69, 9.17) is 5.73 Å². The topological polar surface area (TPSA) is 98.2 Å². The van der Waals surface area contributed by atoms with Gasteiger partial charge in [-0.25, -0.2) is 4.98 Å². The Bertz CT molecular complexity index is 494. The monoisotopic (exact) mass is 279 g/mol. The minimum absolute atomic E-state index is 0.0616. The lowest BCUT2D eigenvalue weighted by molar-refractivity contribution is -0.384. The number of nitrogens with zero attached hydrogens (tertiary/aromatic N) is 4. The van der Waals surface area contributed by atoms with E-state index in [1.165, 1.54) is 12.6 Å². The number of anilines is 2. The smallest absolute Gasteiger partial charge is 0.329 e. The van der Waals surface area contributed by atoms with E-state index in [-0.39, 0.29) is 11.5 Å². The van der Waals surface area contributed by atoms with Gasteiger partial charge in [-0.05, 0) is 25.2 Å². The van der Waals surface area contributed by atoms with Gasteiger partial charge < -0.3 is 10.6 Å². The van der Waals surface area contributed by atoms with Crippen molar-refractivity contribution in [3.8, 4) is 0 Å². The Morgan fingerprint density at radius 1 is 1.60 bits per heavy atom. The Morgan fingerprint density at radius 3 is 2.95 bits per heavy atom. The van der Waals surface area contributed by atoms with E-state index in [9.17, 15) is 10.1 Å². The van der Waals surface area contributed by atoms with Crippen LogP contribution in [0.15, 0.2) is 6.20 Å². The van der Waals surface area contributed by atoms with Crippen molar-refractivity contribution in [2.45, 2.75) is 45.6 Å². The number of hydrogen-bond donors (Lipinski definition) is 1. The van der Waals surface area contributed by atoms with Crippen LogP contribution in [0.4, 0.5) is 17.5 Å². The summed E-state index contributed by atoms with van der Waals surface area (Å²) in [5.74, 6) is 1.02. The number of rotatable bonds is 4. The summed E-state index contributed by atoms with van der Waals surface area (Å²) in [6.45, 7) is 5.28. The molecule has 2 heterocycles. The highest BCUT2D eigenvalue weighted by atomic mass is 16.6. The van der Waals surface area contributed by atoms with Crippen molar-refractivity contribution in [1.29, 1.82) is 0 Å². The van der Waals surface area contributed by atoms with Gasteiger partial charge >= 0.3 is 5.69 Å². The lowest BCUT2D eigenvalue weighted by Gasteiger charge is -2.40. The molecule has 0 radical (unpaired) electrons. The van der Waals surface area contributed by atoms with Crippen LogP contribution in [-0.2, 0) is 0 Å². The van der Waals surface area contributed by atoms with Crippen LogP contribution in [0.2, 0.25) is 0 Å². The number of aromatic nitrogens is 2. The number of hydrogen-bond acceptors (Lipinski definition) is 6. The van der Waals surface area contributed by atoms with E-state index >= 15 is 0 Å². The Labute approximate surface area is 118 Å². The summed E-state index contributed by atoms with van der Waals surface area (Å²) < 4.78 is 0. The number of nitrogen functional groups attached to an aromatic ring is 1. The van der Waals surface area contributed by atoms with Gasteiger partial charge in [0.05, 0.1) is 4.92 Å². The molecule has 2 rings (SSSR count). The van der Waals surface area contributed by atoms with Crippen LogP contribution in [-0.4, -0.2) is 27.5 Å². The third-order valence-electron chi connectivity index (χ3n) is 3.94. The lowest BCUT2D eigenvalue weighted by atomic mass is 9.88. The number of piperidine rings is 1. The first-order chi connectivity index (χ1) is 9.54. The molecule has 0 bridgehead atoms. The highest BCUT2D eigenvalue weighted by Crippen LogP contribution is 2.30. The van der Waals surface area contributed by atoms with E-state index in [0.717, 1.165) is 25.8 Å². The highest BCUT2D eigenvalue weighted by Gasteiger charge is 2.30. The summed E-state index contributed by atoms with van der Waals surface area (Å²) in [6.07, 6.45) is 5.65. The molecule has 2 N–H and O–H groups in total. The van der Waals surface area contributed by atoms with Gasteiger partial charge in [-0.2, -0.15) is 4.98 Å². The predicted molar refractivity (Wildman–Crippen MR) is 77.5 cm³/mol. The Morgan fingerprint density at radius 2 is 2.35 bits per heavy atom. The van der Waals surface area contributed by atoms with Gasteiger partial charge in [-0.3, -0.25) is 10.1 Å². The molecule has 7 heteroatoms. The van der Waals surface area contributed by atoms with Gasteiger partial charge in [0.15, 0.2) is 0 Å². The maximum atomic E-state index is 10.8. The summed E-state index contributed by atoms with van der Waals surface area (Å²) in [6, 6.07) is 0.384. The summed E-state index contributed by atoms with van der Waals surface area (Å²) >= 11 is 0. The molecule has 0 aliphatic carbocycles. The molecule has 1 fully saturated rings. The summed E-state index contributed by atoms with van der Waals surface area (Å²) in [5.41, 5.74) is 5.43. The quantitative estimate of drug-likeness (QED) is 0.671. The fourth-order valence-corrected chi connectivity index (χ4v) is 2.89. The van der Waals surface area contributed by atoms with Gasteiger partial charge in [-0.1, -0.05) is 20.3 Å². The summed E-state index contributed by atoms with van der Waals surface area (Å²) in [7, 11) is 0. The Kier molecular flexibility index (Phi) is 4.36. The average molecular weight is 279 g/mol. The summed E-state index contributed by atoms with van der Waals surface area (Å²) in [5, 5.41) is 10.8. The molecule has 1 aromatic rings. The van der Waals surface area contributed by atoms with Crippen molar-refractivity contribution in [3.05, 3.63) is 16.3 Å². The van der Waals surface area contributed by atoms with Crippen LogP contribution in [0, 0.1) is 16.0 Å². The first-order valence-electron chi connectivity index (χ1n) is 7.08. The molecule has 0 spiro atoms. The zero-order chi connectivity index (χ0) is 14.7. The lowest BCUT2D eigenvalue weighted by Crippen LogP contribution is -2.45. The van der Waals surface area contributed by atoms with Crippen LogP contribution < -0.4 is 10.6 Å². The van der Waals surface area contributed by atoms with Gasteiger partial charge in [0.1, 0.15) is 6.20 Å². The molecular formula is C13H21N5O2. The van der Waals surface area contributed by atoms with Crippen LogP contribution in [0.3, 0.4) is 0 Å². The molecule has 2 atom stereocenters. The van der Waals surface area contributed by atoms with Crippen molar-refractivity contribution in [1.82, 2.24) is 9.97 Å². The first-order valence-corrected chi connectivity index (χ1v) is 7.08. The predicted octanol–water partition coefficient (Wildman–Crippen LogP) is 2.37. The molecule has 20 heavy (non-hydrogen) atoms. The zero-order valence-electron chi connectivity index (χ0n) is 12.0. The van der Waals surface area contributed by atoms with E-state index in [1.54, 1.807) is 0 Å². The van der Waals surface area contributed by atoms with Crippen molar-refractivity contribution in [3.63, 3.8) is 0 Å². The minimum Gasteiger partial charge on any atom is -0.378 e. The van der Waals surface area contributed by atoms with Crippen LogP contribution in [0.5, 0.6) is 0 Å². The highest BCUT2D eigenvalue weighted by molar-refractivity contribution is 5.54. The van der Waals surface area contributed by atoms with Crippen LogP contribution in [0.1, 0.15) is 39.5 Å². The second-order valence-corrected chi connectivity index (χ2v) is 5.37. The van der Waals surface area contributed by atoms with Gasteiger partial charge in [-0.15, -0.1) is 0 Å². The second kappa shape index (κ2) is 6.02. The SMILES string of the molecule is CCC[C@H]1[C@@H](C)CCCN1c1ncc([N+](=O)[O-])c(N)n1. The summed E-state index contributed by atoms with van der Waals surface area (Å²) in [4.78, 5) is 20.6. The molecular weight excluding hydrogens is 258 g/mol. The fourth-order valence-electron chi connectivity index (χ4n) is 2.89. The number of nitro groups is 1. The minimum atomic E-state index is -0.554. The molecule has 0 amide bonds. The number of nitrogens with two attached hydrogens (primary N) is 1. The molecule has 7 nitrogen and oxygen atoms in total. The standard InChI is InChI=1S/C13H21N5O2/c1-3-5-10-9(2)6-4-7-17(10)13-15-8-11(18(19)20)12(14)16-13/h8-10H,3-7H2,1-2H3,(H2,14,15,16)/t9-,10-/m0/s1. The molecule has 0 aromatic carbocycles. The van der Waals surface area contributed by atoms with Crippen molar-refractivity contribution < 1.29 is 4.92 Å². The fraction of sp³-hybridized carbons (Fsp3) is 0.692. The largest absolute Gasteiger partial charge is 0.378 e. The normalized spacial score (nSPS) is 22.8. The van der Waals surface area contributed by atoms with E-state index in [1.807, 2.05) is 0 Å². The van der Waals surface area contributed by atoms with Crippen molar-refractivity contribution >= 4 is 17.5 Å². The third kappa shape index (κ3) is 2.81. The van der Waals surface area contributed by atoms with E-state index in [0.29, 0.717) is 17.9 Å². The molecule has 0 unspecified atom stereocenters. The molecule has 1 aromatic heterocycles. The molecule has 1 saturated heterocycles. The van der Waals surface area contributed by atoms with Crippen molar-refractivity contribution in [2.75, 3.05) is 17.2 Å². The van der Waals surface area contributed by atoms with Gasteiger partial charge in [0, 0.05) is 12.6 Å².